The van der Waals surface area contributed by atoms with Crippen molar-refractivity contribution in [2.24, 2.45) is 0 Å². The maximum atomic E-state index is 13.3. The molecule has 0 amide bonds. The molecule has 2 rings (SSSR count). The number of hydrogen-bond donors (Lipinski definition) is 0. The van der Waals surface area contributed by atoms with Crippen LogP contribution in [0.2, 0.25) is 0 Å². The molecule has 0 unspecified atom stereocenters. The van der Waals surface area contributed by atoms with Crippen LogP contribution >= 0.6 is 0 Å². The molecule has 1 aliphatic rings. The van der Waals surface area contributed by atoms with E-state index in [4.69, 9.17) is 0 Å². The van der Waals surface area contributed by atoms with Gasteiger partial charge in [-0.25, -0.2) is 0 Å². The van der Waals surface area contributed by atoms with Gasteiger partial charge in [0.25, 0.3) is 5.69 Å². The number of hydrogen-bond acceptors (Lipinski definition) is 2. The molecule has 0 aliphatic heterocycles. The van der Waals surface area contributed by atoms with Gasteiger partial charge in [0.15, 0.2) is 0 Å². The molecule has 9 heteroatoms. The maximum Gasteiger partial charge on any atom is 0.380 e. The highest BCUT2D eigenvalue weighted by Gasteiger charge is 2.80. The van der Waals surface area contributed by atoms with Crippen molar-refractivity contribution < 1.29 is 31.3 Å². The monoisotopic (exact) mass is 271 g/mol. The summed E-state index contributed by atoms with van der Waals surface area (Å²) >= 11 is 0. The first-order valence-corrected chi connectivity index (χ1v) is 4.47. The molecule has 0 saturated carbocycles. The average molecular weight is 271 g/mol. The lowest BCUT2D eigenvalue weighted by molar-refractivity contribution is -0.388. The van der Waals surface area contributed by atoms with Crippen molar-refractivity contribution in [3.05, 3.63) is 39.4 Å². The number of nitro benzene ring substituents is 1. The standard InChI is InChI=1S/C9H3F6NO2/c10-7(11)4-2-1-3-5(16(17)18)6(4)8(12,13)9(7,14)15/h1-3H. The van der Waals surface area contributed by atoms with E-state index < -0.39 is 39.5 Å². The van der Waals surface area contributed by atoms with Crippen molar-refractivity contribution in [3.63, 3.8) is 0 Å². The van der Waals surface area contributed by atoms with Gasteiger partial charge in [0.05, 0.1) is 4.92 Å². The van der Waals surface area contributed by atoms with Gasteiger partial charge in [-0.1, -0.05) is 12.1 Å². The van der Waals surface area contributed by atoms with Crippen LogP contribution in [-0.4, -0.2) is 10.8 Å². The van der Waals surface area contributed by atoms with Crippen LogP contribution in [0.1, 0.15) is 11.1 Å². The van der Waals surface area contributed by atoms with E-state index in [0.29, 0.717) is 18.2 Å². The minimum absolute atomic E-state index is 0.331. The van der Waals surface area contributed by atoms with Crippen molar-refractivity contribution >= 4 is 5.69 Å². The number of nitrogens with zero attached hydrogens (tertiary/aromatic N) is 1. The first kappa shape index (κ1) is 12.7. The largest absolute Gasteiger partial charge is 0.380 e. The van der Waals surface area contributed by atoms with E-state index in [9.17, 15) is 36.5 Å². The normalized spacial score (nSPS) is 22.6. The third kappa shape index (κ3) is 1.16. The predicted molar refractivity (Wildman–Crippen MR) is 45.8 cm³/mol. The highest BCUT2D eigenvalue weighted by molar-refractivity contribution is 5.55. The van der Waals surface area contributed by atoms with E-state index in [0.717, 1.165) is 0 Å². The Balaban J connectivity index is 2.88. The summed E-state index contributed by atoms with van der Waals surface area (Å²) in [4.78, 5) is 9.05. The van der Waals surface area contributed by atoms with Crippen LogP contribution in [-0.2, 0) is 11.8 Å². The zero-order chi connectivity index (χ0) is 13.9. The lowest BCUT2D eigenvalue weighted by atomic mass is 10.1. The zero-order valence-corrected chi connectivity index (χ0v) is 8.26. The van der Waals surface area contributed by atoms with Gasteiger partial charge in [0.2, 0.25) is 0 Å². The Morgan fingerprint density at radius 3 is 2.06 bits per heavy atom. The number of alkyl halides is 6. The van der Waals surface area contributed by atoms with Gasteiger partial charge in [0.1, 0.15) is 5.56 Å². The van der Waals surface area contributed by atoms with Crippen molar-refractivity contribution in [2.45, 2.75) is 17.8 Å². The van der Waals surface area contributed by atoms with Gasteiger partial charge in [-0.2, -0.15) is 26.3 Å². The third-order valence-electron chi connectivity index (χ3n) is 2.68. The van der Waals surface area contributed by atoms with E-state index in [2.05, 4.69) is 0 Å². The summed E-state index contributed by atoms with van der Waals surface area (Å²) in [6, 6.07) is 1.46. The Morgan fingerprint density at radius 1 is 1.00 bits per heavy atom. The summed E-state index contributed by atoms with van der Waals surface area (Å²) in [5, 5.41) is 10.5. The van der Waals surface area contributed by atoms with E-state index in [1.807, 2.05) is 0 Å². The second-order valence-corrected chi connectivity index (χ2v) is 3.68. The second kappa shape index (κ2) is 3.15. The molecule has 1 aromatic carbocycles. The van der Waals surface area contributed by atoms with E-state index in [1.54, 1.807) is 0 Å². The van der Waals surface area contributed by atoms with Gasteiger partial charge in [-0.3, -0.25) is 10.1 Å². The molecule has 0 heterocycles. The molecule has 0 bridgehead atoms. The topological polar surface area (TPSA) is 43.1 Å². The van der Waals surface area contributed by atoms with Crippen molar-refractivity contribution in [1.82, 2.24) is 0 Å². The fourth-order valence-corrected chi connectivity index (χ4v) is 1.81. The molecule has 1 aromatic rings. The van der Waals surface area contributed by atoms with Crippen molar-refractivity contribution in [2.75, 3.05) is 0 Å². The summed E-state index contributed by atoms with van der Waals surface area (Å²) < 4.78 is 79.0. The maximum absolute atomic E-state index is 13.3. The lowest BCUT2D eigenvalue weighted by Gasteiger charge is -2.23. The summed E-state index contributed by atoms with van der Waals surface area (Å²) in [5.74, 6) is -16.2. The summed E-state index contributed by atoms with van der Waals surface area (Å²) in [6.07, 6.45) is 0. The fourth-order valence-electron chi connectivity index (χ4n) is 1.81. The molecule has 0 N–H and O–H groups in total. The van der Waals surface area contributed by atoms with Crippen LogP contribution in [0.25, 0.3) is 0 Å². The van der Waals surface area contributed by atoms with Crippen LogP contribution in [0.5, 0.6) is 0 Å². The Morgan fingerprint density at radius 2 is 1.56 bits per heavy atom. The second-order valence-electron chi connectivity index (χ2n) is 3.68. The molecule has 0 spiro atoms. The molecule has 1 aliphatic carbocycles. The Hall–Kier alpha value is -1.80. The van der Waals surface area contributed by atoms with Crippen LogP contribution in [0.15, 0.2) is 18.2 Å². The number of benzene rings is 1. The SMILES string of the molecule is O=[N+]([O-])c1cccc2c1C(F)(F)C(F)(F)C2(F)F. The van der Waals surface area contributed by atoms with Crippen LogP contribution in [0.3, 0.4) is 0 Å². The highest BCUT2D eigenvalue weighted by atomic mass is 19.3. The molecule has 3 nitrogen and oxygen atoms in total. The molecule has 0 aromatic heterocycles. The molecule has 0 fully saturated rings. The number of rotatable bonds is 1. The molecule has 18 heavy (non-hydrogen) atoms. The lowest BCUT2D eigenvalue weighted by Crippen LogP contribution is -2.43. The highest BCUT2D eigenvalue weighted by Crippen LogP contribution is 2.64. The average Bonchev–Trinajstić information content (AvgIpc) is 2.36. The first-order valence-electron chi connectivity index (χ1n) is 4.47. The number of fused-ring (bicyclic) bond motifs is 1. The molecule has 0 radical (unpaired) electrons. The first-order chi connectivity index (χ1) is 8.05. The van der Waals surface area contributed by atoms with Crippen LogP contribution < -0.4 is 0 Å². The molecular formula is C9H3F6NO2. The number of halogens is 6. The predicted octanol–water partition coefficient (Wildman–Crippen LogP) is 3.43. The summed E-state index contributed by atoms with van der Waals surface area (Å²) in [7, 11) is 0. The molecule has 0 atom stereocenters. The third-order valence-corrected chi connectivity index (χ3v) is 2.68. The minimum Gasteiger partial charge on any atom is -0.258 e. The van der Waals surface area contributed by atoms with Crippen LogP contribution in [0, 0.1) is 10.1 Å². The van der Waals surface area contributed by atoms with Crippen molar-refractivity contribution in [1.29, 1.82) is 0 Å². The van der Waals surface area contributed by atoms with E-state index in [1.165, 1.54) is 0 Å². The Kier molecular flexibility index (Phi) is 2.21. The van der Waals surface area contributed by atoms with Gasteiger partial charge in [0, 0.05) is 11.6 Å². The minimum atomic E-state index is -5.70. The molecule has 0 saturated heterocycles. The molecule has 98 valence electrons. The Bertz CT molecular complexity index is 542. The number of nitro groups is 1. The van der Waals surface area contributed by atoms with E-state index >= 15 is 0 Å². The fraction of sp³-hybridized carbons (Fsp3) is 0.333. The Labute approximate surface area is 95.2 Å². The van der Waals surface area contributed by atoms with Gasteiger partial charge in [-0.15, -0.1) is 0 Å². The summed E-state index contributed by atoms with van der Waals surface area (Å²) in [6.45, 7) is 0. The van der Waals surface area contributed by atoms with Gasteiger partial charge in [-0.05, 0) is 0 Å². The molecular weight excluding hydrogens is 268 g/mol. The zero-order valence-electron chi connectivity index (χ0n) is 8.26. The van der Waals surface area contributed by atoms with Gasteiger partial charge >= 0.3 is 17.8 Å². The van der Waals surface area contributed by atoms with Crippen LogP contribution in [0.4, 0.5) is 32.0 Å². The summed E-state index contributed by atoms with van der Waals surface area (Å²) in [5.41, 5.74) is -5.09. The van der Waals surface area contributed by atoms with E-state index in [-0.39, 0.29) is 0 Å². The quantitative estimate of drug-likeness (QED) is 0.446. The smallest absolute Gasteiger partial charge is 0.258 e. The van der Waals surface area contributed by atoms with Crippen molar-refractivity contribution in [3.8, 4) is 0 Å². The van der Waals surface area contributed by atoms with Gasteiger partial charge < -0.3 is 0 Å².